The third kappa shape index (κ3) is 13.0. The van der Waals surface area contributed by atoms with E-state index in [1.165, 1.54) is 0 Å². The Bertz CT molecular complexity index is 2140. The number of quaternary nitrogens is 2. The van der Waals surface area contributed by atoms with Crippen LogP contribution in [-0.2, 0) is 65.5 Å². The van der Waals surface area contributed by atoms with Crippen LogP contribution >= 0.6 is 0 Å². The second-order valence-corrected chi connectivity index (χ2v) is 18.0. The Morgan fingerprint density at radius 2 is 0.381 bits per heavy atom. The van der Waals surface area contributed by atoms with Crippen molar-refractivity contribution < 1.29 is 66.6 Å². The summed E-state index contributed by atoms with van der Waals surface area (Å²) in [4.78, 5) is 2.01. The van der Waals surface area contributed by atoms with E-state index in [0.717, 1.165) is 110 Å². The van der Waals surface area contributed by atoms with Crippen LogP contribution in [0, 0.1) is 83.1 Å². The number of rotatable bonds is 12. The summed E-state index contributed by atoms with van der Waals surface area (Å²) in [6, 6.07) is 22.9. The first-order chi connectivity index (χ1) is 29.1. The monoisotopic (exact) mass is 924 g/mol. The minimum atomic E-state index is 0. The molecule has 0 heterocycles. The van der Waals surface area contributed by atoms with Crippen LogP contribution < -0.4 is 40.4 Å². The molecule has 0 unspecified atom stereocenters. The van der Waals surface area contributed by atoms with Crippen LogP contribution in [0.3, 0.4) is 0 Å². The molecule has 2 N–H and O–H groups in total. The first-order valence-corrected chi connectivity index (χ1v) is 21.4. The van der Waals surface area contributed by atoms with Gasteiger partial charge < -0.3 is 40.4 Å². The van der Waals surface area contributed by atoms with Crippen molar-refractivity contribution in [3.05, 3.63) is 173 Å². The third-order valence-corrected chi connectivity index (χ3v) is 11.6. The molecule has 0 fully saturated rings. The normalized spacial score (nSPS) is 11.1. The molecule has 0 bridgehead atoms. The number of benzene rings is 6. The van der Waals surface area contributed by atoms with Gasteiger partial charge in [0, 0.05) is 26.2 Å². The van der Waals surface area contributed by atoms with E-state index >= 15 is 0 Å². The standard InChI is InChI=1S/2C27H33NO3.Zr/c2*1-16-7-19(4)25(29)22(10-16)13-28(14-23-11-17(2)8-20(5)26(23)30)15-24-12-18(3)9-21(6)27(24)31;/h2*7-12,29-31H,13-15H2,1-6H3;/p-4. The molecule has 9 heteroatoms. The van der Waals surface area contributed by atoms with Crippen LogP contribution in [0.15, 0.2) is 72.8 Å². The minimum absolute atomic E-state index is 0. The molecule has 0 atom stereocenters. The van der Waals surface area contributed by atoms with E-state index in [2.05, 4.69) is 0 Å². The Kier molecular flexibility index (Phi) is 17.3. The zero-order chi connectivity index (χ0) is 45.7. The molecule has 6 aromatic carbocycles. The number of aryl methyl sites for hydroxylation is 12. The second-order valence-electron chi connectivity index (χ2n) is 18.0. The molecule has 63 heavy (non-hydrogen) atoms. The van der Waals surface area contributed by atoms with Crippen molar-refractivity contribution >= 4 is 0 Å². The Balaban J connectivity index is 0.000000272. The van der Waals surface area contributed by atoms with Gasteiger partial charge in [0.25, 0.3) is 0 Å². The number of hydrogen-bond acceptors (Lipinski definition) is 6. The molecule has 0 aliphatic rings. The molecule has 0 aromatic heterocycles. The largest absolute Gasteiger partial charge is 0.872 e. The van der Waals surface area contributed by atoms with Gasteiger partial charge in [-0.3, -0.25) is 0 Å². The maximum atomic E-state index is 12.8. The van der Waals surface area contributed by atoms with Crippen molar-refractivity contribution in [2.45, 2.75) is 122 Å². The summed E-state index contributed by atoms with van der Waals surface area (Å²) in [5, 5.41) is 76.6. The van der Waals surface area contributed by atoms with Gasteiger partial charge in [0.2, 0.25) is 0 Å². The number of hydrogen-bond donors (Lipinski definition) is 2. The molecule has 0 aliphatic heterocycles. The summed E-state index contributed by atoms with van der Waals surface area (Å²) in [5.41, 5.74) is 14.9. The average Bonchev–Trinajstić information content (AvgIpc) is 3.17. The Morgan fingerprint density at radius 3 is 0.508 bits per heavy atom. The van der Waals surface area contributed by atoms with Crippen molar-refractivity contribution in [1.29, 1.82) is 0 Å². The fraction of sp³-hybridized carbons (Fsp3) is 0.333. The molecule has 0 aliphatic carbocycles. The van der Waals surface area contributed by atoms with E-state index in [4.69, 9.17) is 0 Å². The molecule has 6 rings (SSSR count). The van der Waals surface area contributed by atoms with Gasteiger partial charge in [-0.25, -0.2) is 0 Å². The second kappa shape index (κ2) is 21.5. The molecule has 0 saturated carbocycles. The van der Waals surface area contributed by atoms with Crippen molar-refractivity contribution in [2.24, 2.45) is 0 Å². The summed E-state index contributed by atoms with van der Waals surface area (Å²) in [5.74, 6) is 0.215. The summed E-state index contributed by atoms with van der Waals surface area (Å²) in [6.07, 6.45) is 0. The van der Waals surface area contributed by atoms with Gasteiger partial charge in [-0.05, 0) is 116 Å². The molecule has 0 spiro atoms. The summed E-state index contributed by atoms with van der Waals surface area (Å²) >= 11 is 0. The first-order valence-electron chi connectivity index (χ1n) is 21.4. The van der Waals surface area contributed by atoms with Crippen LogP contribution in [0.1, 0.15) is 100 Å². The van der Waals surface area contributed by atoms with Gasteiger partial charge in [-0.1, -0.05) is 174 Å². The molecule has 0 saturated heterocycles. The molecular weight excluding hydrogens is 864 g/mol. The van der Waals surface area contributed by atoms with Crippen molar-refractivity contribution in [2.75, 3.05) is 0 Å². The topological polar surface area (TPSA) is 147 Å². The quantitative estimate of drug-likeness (QED) is 0.175. The van der Waals surface area contributed by atoms with E-state index in [0.29, 0.717) is 39.3 Å². The van der Waals surface area contributed by atoms with Crippen molar-refractivity contribution in [3.8, 4) is 34.5 Å². The predicted octanol–water partition coefficient (Wildman–Crippen LogP) is 5.08. The summed E-state index contributed by atoms with van der Waals surface area (Å²) < 4.78 is 0. The zero-order valence-electron chi connectivity index (χ0n) is 39.1. The number of nitrogens with one attached hydrogen (secondary N) is 2. The van der Waals surface area contributed by atoms with Crippen LogP contribution in [0.5, 0.6) is 34.5 Å². The average molecular weight is 926 g/mol. The van der Waals surface area contributed by atoms with Gasteiger partial charge in [-0.2, -0.15) is 0 Å². The molecular formula is C54H62N2O6Zr-4. The summed E-state index contributed by atoms with van der Waals surface area (Å²) in [6.45, 7) is 25.6. The van der Waals surface area contributed by atoms with Crippen LogP contribution in [0.4, 0.5) is 0 Å². The molecule has 0 amide bonds. The molecule has 6 aromatic rings. The van der Waals surface area contributed by atoms with Gasteiger partial charge in [0.05, 0.1) is 0 Å². The van der Waals surface area contributed by atoms with Crippen LogP contribution in [-0.4, -0.2) is 0 Å². The Labute approximate surface area is 394 Å². The minimum Gasteiger partial charge on any atom is -0.872 e. The van der Waals surface area contributed by atoms with Gasteiger partial charge >= 0.3 is 0 Å². The maximum Gasteiger partial charge on any atom is 0.103 e. The predicted molar refractivity (Wildman–Crippen MR) is 236 cm³/mol. The van der Waals surface area contributed by atoms with Crippen molar-refractivity contribution in [3.63, 3.8) is 0 Å². The van der Waals surface area contributed by atoms with E-state index in [1.807, 2.05) is 156 Å². The van der Waals surface area contributed by atoms with E-state index in [-0.39, 0.29) is 60.7 Å². The van der Waals surface area contributed by atoms with Gasteiger partial charge in [0.15, 0.2) is 0 Å². The Morgan fingerprint density at radius 1 is 0.254 bits per heavy atom. The Hall–Kier alpha value is -5.08. The molecule has 0 radical (unpaired) electrons. The maximum absolute atomic E-state index is 12.8. The zero-order valence-corrected chi connectivity index (χ0v) is 41.6. The smallest absolute Gasteiger partial charge is 0.103 e. The molecule has 8 nitrogen and oxygen atoms in total. The summed E-state index contributed by atoms with van der Waals surface area (Å²) in [7, 11) is 0. The fourth-order valence-corrected chi connectivity index (χ4v) is 9.03. The van der Waals surface area contributed by atoms with E-state index in [1.54, 1.807) is 0 Å². The van der Waals surface area contributed by atoms with E-state index in [9.17, 15) is 30.6 Å². The van der Waals surface area contributed by atoms with Crippen molar-refractivity contribution in [1.82, 2.24) is 0 Å². The van der Waals surface area contributed by atoms with Crippen LogP contribution in [0.2, 0.25) is 0 Å². The van der Waals surface area contributed by atoms with E-state index < -0.39 is 0 Å². The fourth-order valence-electron chi connectivity index (χ4n) is 9.03. The van der Waals surface area contributed by atoms with Crippen LogP contribution in [0.25, 0.3) is 0 Å². The SMILES string of the molecule is Cc1cc(C)c([O-])c(C[NH+](Cc2cc(C)cc(C)c2[O-])Cc2cc(C)cc(C)c2[O-])c1.Cc1cc(C)c([O-])c(C[NH+](Cc2cc(C)cc(C)c2[O-])Cc2cc(C)cc(C)c2[O-])c1.[Zr]. The first kappa shape index (κ1) is 50.6. The van der Waals surface area contributed by atoms with Gasteiger partial charge in [0.1, 0.15) is 39.3 Å². The third-order valence-electron chi connectivity index (χ3n) is 11.6. The van der Waals surface area contributed by atoms with Gasteiger partial charge in [-0.15, -0.1) is 0 Å². The molecule has 332 valence electrons.